The Bertz CT molecular complexity index is 1130. The number of nitrogens with zero attached hydrogens (tertiary/aromatic N) is 4. The van der Waals surface area contributed by atoms with Crippen LogP contribution in [0.15, 0.2) is 12.7 Å². The number of nitrogen functional groups attached to an aromatic ring is 1. The van der Waals surface area contributed by atoms with Gasteiger partial charge in [0, 0.05) is 0 Å². The van der Waals surface area contributed by atoms with Crippen LogP contribution in [0.4, 0.5) is 5.82 Å². The van der Waals surface area contributed by atoms with Gasteiger partial charge in [-0.25, -0.2) is 28.6 Å². The number of fused-ring (bicyclic) bond motifs is 1. The summed E-state index contributed by atoms with van der Waals surface area (Å²) in [5.41, 5.74) is 6.00. The molecule has 0 radical (unpaired) electrons. The van der Waals surface area contributed by atoms with Crippen LogP contribution < -0.4 is 64.8 Å². The number of aromatic nitrogens is 4. The number of imidazole rings is 1. The minimum Gasteiger partial charge on any atom is -1.00 e. The van der Waals surface area contributed by atoms with Crippen LogP contribution in [-0.4, -0.2) is 74.2 Å². The Hall–Kier alpha value is 0.640. The van der Waals surface area contributed by atoms with Crippen LogP contribution >= 0.6 is 23.5 Å². The Morgan fingerprint density at radius 1 is 1.03 bits per heavy atom. The Kier molecular flexibility index (Phi) is 11.3. The van der Waals surface area contributed by atoms with Gasteiger partial charge in [-0.2, -0.15) is 8.62 Å². The van der Waals surface area contributed by atoms with Gasteiger partial charge in [-0.15, -0.1) is 0 Å². The third-order valence-electron chi connectivity index (χ3n) is 3.82. The first-order chi connectivity index (χ1) is 14.2. The molecule has 0 amide bonds. The van der Waals surface area contributed by atoms with Crippen molar-refractivity contribution >= 4 is 40.4 Å². The third kappa shape index (κ3) is 8.06. The maximum absolute atomic E-state index is 11.8. The number of anilines is 1. The molecule has 8 N–H and O–H groups in total. The molecule has 18 nitrogen and oxygen atoms in total. The van der Waals surface area contributed by atoms with E-state index in [2.05, 4.69) is 28.1 Å². The van der Waals surface area contributed by atoms with Gasteiger partial charge in [-0.1, -0.05) is 0 Å². The van der Waals surface area contributed by atoms with Crippen LogP contribution in [0.5, 0.6) is 0 Å². The molecule has 4 unspecified atom stereocenters. The van der Waals surface area contributed by atoms with E-state index in [4.69, 9.17) is 25.2 Å². The summed E-state index contributed by atoms with van der Waals surface area (Å²) >= 11 is 0. The maximum atomic E-state index is 11.8. The van der Waals surface area contributed by atoms with E-state index < -0.39 is 54.6 Å². The molecule has 33 heavy (non-hydrogen) atoms. The van der Waals surface area contributed by atoms with E-state index >= 15 is 0 Å². The van der Waals surface area contributed by atoms with Gasteiger partial charge in [0.15, 0.2) is 17.7 Å². The first-order valence-electron chi connectivity index (χ1n) is 7.92. The molecule has 1 fully saturated rings. The summed E-state index contributed by atoms with van der Waals surface area (Å²) in [6, 6.07) is 0. The number of rotatable bonds is 8. The van der Waals surface area contributed by atoms with Crippen LogP contribution in [0.1, 0.15) is 9.08 Å². The number of aliphatic hydroxyl groups is 2. The molecule has 3 heterocycles. The zero-order valence-corrected chi connectivity index (χ0v) is 23.6. The Morgan fingerprint density at radius 3 is 2.27 bits per heavy atom. The smallest absolute Gasteiger partial charge is 1.00 e. The van der Waals surface area contributed by atoms with Crippen molar-refractivity contribution in [3.63, 3.8) is 0 Å². The van der Waals surface area contributed by atoms with Gasteiger partial charge >= 0.3 is 82.6 Å². The molecule has 0 aromatic carbocycles. The molecule has 3 rings (SSSR count). The summed E-state index contributed by atoms with van der Waals surface area (Å²) in [4.78, 5) is 47.2. The van der Waals surface area contributed by atoms with Gasteiger partial charge in [0.25, 0.3) is 0 Å². The van der Waals surface area contributed by atoms with E-state index in [1.54, 1.807) is 0 Å². The topological polar surface area (TPSA) is 279 Å². The average molecular weight is 555 g/mol. The summed E-state index contributed by atoms with van der Waals surface area (Å²) in [6.07, 6.45) is -3.69. The Balaban J connectivity index is 0. The second-order valence-corrected chi connectivity index (χ2v) is 10.4. The number of hydrogen-bond acceptors (Lipinski definition) is 13. The Morgan fingerprint density at radius 2 is 1.67 bits per heavy atom. The molecule has 2 aromatic heterocycles. The minimum absolute atomic E-state index is 0. The molecule has 1 aliphatic rings. The standard InChI is InChI=1S/C10H16N5O13P3.2Na.2H/c11-8-5-9(13-2-12-8)15(3-14-5)10-7(17)6(16)4(26-10)1-25-30(21,22)28-31(23,24)27-29(18,19)20;;;;/h2-4,6-7,10,16-17H,1H2,(H,21,22)(H,23,24)(H2,11,12,13)(H2,18,19,20);;;;/q;2*+1;2*-1/t4-,6?,7?,10-;;;;/m1..../s1. The first kappa shape index (κ1) is 31.7. The number of hydrogen-bond donors (Lipinski definition) is 7. The largest absolute Gasteiger partial charge is 1.00 e. The number of nitrogens with two attached hydrogens (primary N) is 1. The Labute approximate surface area is 231 Å². The summed E-state index contributed by atoms with van der Waals surface area (Å²) in [5, 5.41) is 20.4. The third-order valence-corrected chi connectivity index (χ3v) is 7.62. The van der Waals surface area contributed by atoms with E-state index in [0.717, 1.165) is 6.33 Å². The molecule has 0 saturated carbocycles. The van der Waals surface area contributed by atoms with Gasteiger partial charge in [-0.05, 0) is 0 Å². The van der Waals surface area contributed by atoms with Gasteiger partial charge in [0.1, 0.15) is 30.2 Å². The SMILES string of the molecule is Nc1ncnc2c1ncn2[C@@H]1O[C@H](COP(=O)(O)OP(=O)(O)OP(=O)(O)O)C(O)C1O.[H-].[H-].[Na+].[Na+]. The summed E-state index contributed by atoms with van der Waals surface area (Å²) in [7, 11) is -16.7. The number of aliphatic hydroxyl groups excluding tert-OH is 2. The van der Waals surface area contributed by atoms with E-state index in [9.17, 15) is 28.8 Å². The monoisotopic (exact) mass is 555 g/mol. The van der Waals surface area contributed by atoms with E-state index in [1.807, 2.05) is 0 Å². The van der Waals surface area contributed by atoms with E-state index in [1.165, 1.54) is 10.9 Å². The molecule has 178 valence electrons. The number of phosphoric ester groups is 1. The molecule has 2 aromatic rings. The molecule has 1 aliphatic heterocycles. The number of ether oxygens (including phenoxy) is 1. The van der Waals surface area contributed by atoms with Crippen molar-refractivity contribution in [3.05, 3.63) is 12.7 Å². The van der Waals surface area contributed by atoms with Crippen molar-refractivity contribution in [3.8, 4) is 0 Å². The van der Waals surface area contributed by atoms with Crippen LogP contribution in [0, 0.1) is 0 Å². The van der Waals surface area contributed by atoms with Crippen molar-refractivity contribution in [1.29, 1.82) is 0 Å². The molecule has 0 bridgehead atoms. The zero-order valence-electron chi connectivity index (χ0n) is 18.9. The molecular weight excluding hydrogens is 537 g/mol. The summed E-state index contributed by atoms with van der Waals surface area (Å²) < 4.78 is 51.9. The molecule has 1 saturated heterocycles. The summed E-state index contributed by atoms with van der Waals surface area (Å²) in [6.45, 7) is -0.956. The molecule has 23 heteroatoms. The second-order valence-electron chi connectivity index (χ2n) is 6.02. The van der Waals surface area contributed by atoms with Crippen molar-refractivity contribution < 1.29 is 123 Å². The summed E-state index contributed by atoms with van der Waals surface area (Å²) in [5.74, 6) is 0.0426. The minimum atomic E-state index is -5.70. The van der Waals surface area contributed by atoms with Crippen LogP contribution in [0.2, 0.25) is 0 Å². The van der Waals surface area contributed by atoms with Gasteiger partial charge in [-0.3, -0.25) is 9.09 Å². The fourth-order valence-corrected chi connectivity index (χ4v) is 5.65. The molecule has 0 spiro atoms. The fraction of sp³-hybridized carbons (Fsp3) is 0.500. The molecular formula is C10H18N5Na2O13P3. The normalized spacial score (nSPS) is 26.7. The van der Waals surface area contributed by atoms with Crippen LogP contribution in [0.25, 0.3) is 11.2 Å². The fourth-order valence-electron chi connectivity index (χ4n) is 2.62. The van der Waals surface area contributed by atoms with Gasteiger partial charge in [0.2, 0.25) is 0 Å². The van der Waals surface area contributed by atoms with Gasteiger partial charge < -0.3 is 43.1 Å². The van der Waals surface area contributed by atoms with Crippen molar-refractivity contribution in [2.45, 2.75) is 24.5 Å². The van der Waals surface area contributed by atoms with E-state index in [-0.39, 0.29) is 78.9 Å². The molecule has 0 aliphatic carbocycles. The first-order valence-corrected chi connectivity index (χ1v) is 12.4. The average Bonchev–Trinajstić information content (AvgIpc) is 3.13. The number of phosphoric acid groups is 3. The van der Waals surface area contributed by atoms with Crippen LogP contribution in [0.3, 0.4) is 0 Å². The van der Waals surface area contributed by atoms with Crippen molar-refractivity contribution in [2.75, 3.05) is 12.3 Å². The maximum Gasteiger partial charge on any atom is 1.00 e. The van der Waals surface area contributed by atoms with Crippen molar-refractivity contribution in [2.24, 2.45) is 0 Å². The quantitative estimate of drug-likeness (QED) is 0.118. The van der Waals surface area contributed by atoms with E-state index in [0.29, 0.717) is 0 Å². The predicted octanol–water partition coefficient (Wildman–Crippen LogP) is -7.40. The molecule has 6 atom stereocenters. The van der Waals surface area contributed by atoms with Gasteiger partial charge in [0.05, 0.1) is 12.9 Å². The zero-order chi connectivity index (χ0) is 23.2. The predicted molar refractivity (Wildman–Crippen MR) is 97.7 cm³/mol. The second kappa shape index (κ2) is 11.8. The van der Waals surface area contributed by atoms with Crippen molar-refractivity contribution in [1.82, 2.24) is 19.5 Å². The van der Waals surface area contributed by atoms with Crippen LogP contribution in [-0.2, 0) is 31.6 Å².